The second kappa shape index (κ2) is 9.56. The van der Waals surface area contributed by atoms with E-state index in [1.54, 1.807) is 0 Å². The molecule has 0 aromatic heterocycles. The van der Waals surface area contributed by atoms with E-state index in [4.69, 9.17) is 4.74 Å². The summed E-state index contributed by atoms with van der Waals surface area (Å²) in [5, 5.41) is 2.59. The van der Waals surface area contributed by atoms with Crippen LogP contribution in [0.5, 0.6) is 5.75 Å². The molecule has 148 valence electrons. The van der Waals surface area contributed by atoms with Gasteiger partial charge < -0.3 is 14.8 Å². The number of nitrogens with one attached hydrogen (secondary N) is 2. The largest absolute Gasteiger partial charge is 0.482 e. The van der Waals surface area contributed by atoms with Crippen molar-refractivity contribution in [1.29, 1.82) is 0 Å². The van der Waals surface area contributed by atoms with E-state index >= 15 is 0 Å². The van der Waals surface area contributed by atoms with Crippen molar-refractivity contribution in [3.8, 4) is 5.75 Å². The van der Waals surface area contributed by atoms with E-state index in [2.05, 4.69) is 21.4 Å². The maximum absolute atomic E-state index is 12.6. The maximum atomic E-state index is 12.6. The molecule has 2 rings (SSSR count). The fraction of sp³-hybridized carbons (Fsp3) is 0.158. The monoisotopic (exact) mass is 404 g/mol. The van der Waals surface area contributed by atoms with Crippen molar-refractivity contribution >= 4 is 27.6 Å². The Hall–Kier alpha value is -3.33. The number of ether oxygens (including phenoxy) is 2. The van der Waals surface area contributed by atoms with Gasteiger partial charge in [-0.1, -0.05) is 12.1 Å². The first-order valence-corrected chi connectivity index (χ1v) is 9.65. The molecule has 28 heavy (non-hydrogen) atoms. The summed E-state index contributed by atoms with van der Waals surface area (Å²) in [6.45, 7) is 3.54. The predicted octanol–water partition coefficient (Wildman–Crippen LogP) is 1.95. The molecule has 2 aromatic rings. The van der Waals surface area contributed by atoms with Gasteiger partial charge in [-0.2, -0.15) is 0 Å². The second-order valence-corrected chi connectivity index (χ2v) is 7.20. The molecule has 0 atom stereocenters. The summed E-state index contributed by atoms with van der Waals surface area (Å²) in [5.41, 5.74) is 0.517. The minimum absolute atomic E-state index is 0.0511. The number of methoxy groups -OCH3 is 1. The zero-order chi connectivity index (χ0) is 20.6. The molecule has 9 heteroatoms. The van der Waals surface area contributed by atoms with Crippen molar-refractivity contribution in [3.63, 3.8) is 0 Å². The lowest BCUT2D eigenvalue weighted by Crippen LogP contribution is -2.23. The van der Waals surface area contributed by atoms with E-state index in [1.165, 1.54) is 61.7 Å². The van der Waals surface area contributed by atoms with E-state index in [0.717, 1.165) is 0 Å². The van der Waals surface area contributed by atoms with Crippen molar-refractivity contribution in [2.45, 2.75) is 4.90 Å². The molecule has 0 bridgehead atoms. The number of benzene rings is 2. The molecule has 0 fully saturated rings. The summed E-state index contributed by atoms with van der Waals surface area (Å²) in [7, 11) is -2.65. The summed E-state index contributed by atoms with van der Waals surface area (Å²) in [6, 6.07) is 11.7. The molecular weight excluding hydrogens is 384 g/mol. The quantitative estimate of drug-likeness (QED) is 0.488. The lowest BCUT2D eigenvalue weighted by atomic mass is 10.2. The van der Waals surface area contributed by atoms with Gasteiger partial charge >= 0.3 is 5.97 Å². The second-order valence-electron chi connectivity index (χ2n) is 5.52. The number of amides is 1. The van der Waals surface area contributed by atoms with Crippen LogP contribution in [-0.4, -0.2) is 40.6 Å². The zero-order valence-corrected chi connectivity index (χ0v) is 16.0. The van der Waals surface area contributed by atoms with Crippen molar-refractivity contribution in [3.05, 3.63) is 66.7 Å². The van der Waals surface area contributed by atoms with Gasteiger partial charge in [-0.25, -0.2) is 13.2 Å². The van der Waals surface area contributed by atoms with Crippen LogP contribution >= 0.6 is 0 Å². The normalized spacial score (nSPS) is 10.6. The highest BCUT2D eigenvalue weighted by molar-refractivity contribution is 7.92. The Morgan fingerprint density at radius 2 is 1.86 bits per heavy atom. The molecule has 1 amide bonds. The van der Waals surface area contributed by atoms with Crippen LogP contribution in [0.25, 0.3) is 0 Å². The molecule has 0 unspecified atom stereocenters. The summed E-state index contributed by atoms with van der Waals surface area (Å²) in [4.78, 5) is 23.0. The van der Waals surface area contributed by atoms with E-state index in [0.29, 0.717) is 11.4 Å². The van der Waals surface area contributed by atoms with Crippen LogP contribution in [0.15, 0.2) is 66.1 Å². The Labute approximate surface area is 163 Å². The molecule has 0 spiro atoms. The zero-order valence-electron chi connectivity index (χ0n) is 15.2. The first-order chi connectivity index (χ1) is 13.4. The summed E-state index contributed by atoms with van der Waals surface area (Å²) >= 11 is 0. The van der Waals surface area contributed by atoms with Crippen molar-refractivity contribution < 1.29 is 27.5 Å². The Kier molecular flexibility index (Phi) is 7.16. The average molecular weight is 404 g/mol. The van der Waals surface area contributed by atoms with Gasteiger partial charge in [-0.15, -0.1) is 6.58 Å². The maximum Gasteiger partial charge on any atom is 0.343 e. The van der Waals surface area contributed by atoms with Gasteiger partial charge in [0, 0.05) is 17.8 Å². The molecule has 2 N–H and O–H groups in total. The summed E-state index contributed by atoms with van der Waals surface area (Å²) < 4.78 is 37.2. The number of anilines is 1. The summed E-state index contributed by atoms with van der Waals surface area (Å²) in [6.07, 6.45) is 1.53. The topological polar surface area (TPSA) is 111 Å². The molecule has 2 aromatic carbocycles. The van der Waals surface area contributed by atoms with Gasteiger partial charge in [0.25, 0.3) is 15.9 Å². The lowest BCUT2D eigenvalue weighted by molar-refractivity contribution is -0.142. The van der Waals surface area contributed by atoms with Crippen LogP contribution in [0.4, 0.5) is 5.69 Å². The van der Waals surface area contributed by atoms with Crippen LogP contribution in [0.3, 0.4) is 0 Å². The van der Waals surface area contributed by atoms with Crippen LogP contribution in [0, 0.1) is 0 Å². The van der Waals surface area contributed by atoms with Gasteiger partial charge in [-0.05, 0) is 42.5 Å². The van der Waals surface area contributed by atoms with Crippen LogP contribution in [-0.2, 0) is 19.6 Å². The molecule has 0 heterocycles. The molecule has 0 aliphatic rings. The fourth-order valence-corrected chi connectivity index (χ4v) is 3.21. The first-order valence-electron chi connectivity index (χ1n) is 8.17. The number of rotatable bonds is 9. The third kappa shape index (κ3) is 5.85. The van der Waals surface area contributed by atoms with Gasteiger partial charge in [0.1, 0.15) is 5.75 Å². The Morgan fingerprint density at radius 1 is 1.14 bits per heavy atom. The van der Waals surface area contributed by atoms with Gasteiger partial charge in [0.05, 0.1) is 12.0 Å². The van der Waals surface area contributed by atoms with Crippen LogP contribution in [0.1, 0.15) is 10.4 Å². The van der Waals surface area contributed by atoms with E-state index < -0.39 is 21.9 Å². The first kappa shape index (κ1) is 21.0. The smallest absolute Gasteiger partial charge is 0.343 e. The third-order valence-corrected chi connectivity index (χ3v) is 4.88. The Balaban J connectivity index is 2.10. The predicted molar refractivity (Wildman–Crippen MR) is 104 cm³/mol. The minimum atomic E-state index is -3.90. The van der Waals surface area contributed by atoms with Gasteiger partial charge in [-0.3, -0.25) is 9.52 Å². The minimum Gasteiger partial charge on any atom is -0.482 e. The lowest BCUT2D eigenvalue weighted by Gasteiger charge is -2.10. The average Bonchev–Trinajstić information content (AvgIpc) is 2.71. The highest BCUT2D eigenvalue weighted by Crippen LogP contribution is 2.20. The molecule has 0 aliphatic heterocycles. The Bertz CT molecular complexity index is 955. The molecule has 0 radical (unpaired) electrons. The highest BCUT2D eigenvalue weighted by Gasteiger charge is 2.16. The number of hydrogen-bond donors (Lipinski definition) is 2. The standard InChI is InChI=1S/C19H20N2O6S/c1-3-11-20-19(23)14-5-4-6-17(12-14)28(24,25)21-15-7-9-16(10-8-15)27-13-18(22)26-2/h3-10,12,21H,1,11,13H2,2H3,(H,20,23). The van der Waals surface area contributed by atoms with Crippen molar-refractivity contribution in [2.24, 2.45) is 0 Å². The Morgan fingerprint density at radius 3 is 2.50 bits per heavy atom. The van der Waals surface area contributed by atoms with Gasteiger partial charge in [0.2, 0.25) is 0 Å². The number of hydrogen-bond acceptors (Lipinski definition) is 6. The van der Waals surface area contributed by atoms with Crippen molar-refractivity contribution in [2.75, 3.05) is 25.0 Å². The fourth-order valence-electron chi connectivity index (χ4n) is 2.11. The van der Waals surface area contributed by atoms with Crippen LogP contribution in [0.2, 0.25) is 0 Å². The van der Waals surface area contributed by atoms with E-state index in [9.17, 15) is 18.0 Å². The number of sulfonamides is 1. The molecule has 0 saturated carbocycles. The number of carbonyl (C=O) groups is 2. The van der Waals surface area contributed by atoms with Gasteiger partial charge in [0.15, 0.2) is 6.61 Å². The third-order valence-electron chi connectivity index (χ3n) is 3.50. The summed E-state index contributed by atoms with van der Waals surface area (Å²) in [5.74, 6) is -0.542. The molecule has 0 aliphatic carbocycles. The highest BCUT2D eigenvalue weighted by atomic mass is 32.2. The van der Waals surface area contributed by atoms with E-state index in [1.807, 2.05) is 0 Å². The van der Waals surface area contributed by atoms with Crippen LogP contribution < -0.4 is 14.8 Å². The number of esters is 1. The molecule has 8 nitrogen and oxygen atoms in total. The van der Waals surface area contributed by atoms with E-state index in [-0.39, 0.29) is 23.6 Å². The SMILES string of the molecule is C=CCNC(=O)c1cccc(S(=O)(=O)Nc2ccc(OCC(=O)OC)cc2)c1. The molecular formula is C19H20N2O6S. The molecule has 0 saturated heterocycles. The van der Waals surface area contributed by atoms with Crippen molar-refractivity contribution in [1.82, 2.24) is 5.32 Å². The number of carbonyl (C=O) groups excluding carboxylic acids is 2.